The molecular formula is C7H9F2N3. The molecule has 1 aliphatic carbocycles. The van der Waals surface area contributed by atoms with Crippen LogP contribution in [0.15, 0.2) is 12.3 Å². The lowest BCUT2D eigenvalue weighted by atomic mass is 10.4. The predicted octanol–water partition coefficient (Wildman–Crippen LogP) is 1.12. The average molecular weight is 173 g/mol. The summed E-state index contributed by atoms with van der Waals surface area (Å²) in [6.07, 6.45) is 1.59. The molecule has 0 bridgehead atoms. The standard InChI is InChI=1S/C7H9F2N3/c8-7(9)3-5(7)4-12-2-1-6(10)11-12/h1-2,5H,3-4H2,(H2,10,11). The van der Waals surface area contributed by atoms with Gasteiger partial charge in [-0.3, -0.25) is 4.68 Å². The fraction of sp³-hybridized carbons (Fsp3) is 0.571. The second kappa shape index (κ2) is 2.18. The van der Waals surface area contributed by atoms with Crippen molar-refractivity contribution in [3.05, 3.63) is 12.3 Å². The van der Waals surface area contributed by atoms with Crippen molar-refractivity contribution in [3.8, 4) is 0 Å². The molecule has 3 nitrogen and oxygen atoms in total. The third kappa shape index (κ3) is 1.26. The van der Waals surface area contributed by atoms with Gasteiger partial charge in [0.05, 0.1) is 0 Å². The Hall–Kier alpha value is -1.13. The Kier molecular flexibility index (Phi) is 1.37. The maximum absolute atomic E-state index is 12.4. The van der Waals surface area contributed by atoms with Gasteiger partial charge in [-0.2, -0.15) is 5.10 Å². The van der Waals surface area contributed by atoms with Crippen LogP contribution < -0.4 is 5.73 Å². The highest BCUT2D eigenvalue weighted by Crippen LogP contribution is 2.49. The minimum absolute atomic E-state index is 0.0211. The molecule has 1 fully saturated rings. The van der Waals surface area contributed by atoms with Crippen LogP contribution >= 0.6 is 0 Å². The van der Waals surface area contributed by atoms with E-state index in [1.807, 2.05) is 0 Å². The quantitative estimate of drug-likeness (QED) is 0.728. The molecule has 0 radical (unpaired) electrons. The van der Waals surface area contributed by atoms with Crippen LogP contribution in [-0.4, -0.2) is 15.7 Å². The SMILES string of the molecule is Nc1ccn(CC2CC2(F)F)n1. The number of aromatic nitrogens is 2. The van der Waals surface area contributed by atoms with Gasteiger partial charge in [-0.15, -0.1) is 0 Å². The van der Waals surface area contributed by atoms with Crippen molar-refractivity contribution in [2.45, 2.75) is 18.9 Å². The summed E-state index contributed by atoms with van der Waals surface area (Å²) >= 11 is 0. The molecular weight excluding hydrogens is 164 g/mol. The first-order chi connectivity index (χ1) is 5.58. The summed E-state index contributed by atoms with van der Waals surface area (Å²) in [7, 11) is 0. The fourth-order valence-corrected chi connectivity index (χ4v) is 1.17. The van der Waals surface area contributed by atoms with Gasteiger partial charge in [0.25, 0.3) is 5.92 Å². The molecule has 1 aromatic heterocycles. The van der Waals surface area contributed by atoms with Gasteiger partial charge >= 0.3 is 0 Å². The van der Waals surface area contributed by atoms with Crippen LogP contribution in [0.25, 0.3) is 0 Å². The van der Waals surface area contributed by atoms with Crippen LogP contribution in [0, 0.1) is 5.92 Å². The number of nitrogens with two attached hydrogens (primary N) is 1. The molecule has 1 aromatic rings. The van der Waals surface area contributed by atoms with Gasteiger partial charge in [-0.25, -0.2) is 8.78 Å². The van der Waals surface area contributed by atoms with Gasteiger partial charge in [0.2, 0.25) is 0 Å². The highest BCUT2D eigenvalue weighted by atomic mass is 19.3. The van der Waals surface area contributed by atoms with E-state index in [1.54, 1.807) is 12.3 Å². The van der Waals surface area contributed by atoms with Crippen molar-refractivity contribution in [2.75, 3.05) is 5.73 Å². The monoisotopic (exact) mass is 173 g/mol. The molecule has 1 aliphatic rings. The normalized spacial score (nSPS) is 25.7. The first kappa shape index (κ1) is 7.52. The van der Waals surface area contributed by atoms with Crippen LogP contribution in [-0.2, 0) is 6.54 Å². The average Bonchev–Trinajstić information content (AvgIpc) is 2.41. The van der Waals surface area contributed by atoms with Crippen LogP contribution in [0.4, 0.5) is 14.6 Å². The number of halogens is 2. The highest BCUT2D eigenvalue weighted by Gasteiger charge is 2.56. The maximum Gasteiger partial charge on any atom is 0.253 e. The number of hydrogen-bond acceptors (Lipinski definition) is 2. The molecule has 5 heteroatoms. The largest absolute Gasteiger partial charge is 0.382 e. The second-order valence-corrected chi connectivity index (χ2v) is 3.12. The Balaban J connectivity index is 1.97. The molecule has 2 rings (SSSR count). The van der Waals surface area contributed by atoms with Crippen LogP contribution in [0.1, 0.15) is 6.42 Å². The number of alkyl halides is 2. The van der Waals surface area contributed by atoms with Crippen molar-refractivity contribution in [2.24, 2.45) is 5.92 Å². The summed E-state index contributed by atoms with van der Waals surface area (Å²) in [6.45, 7) is 0.268. The molecule has 1 heterocycles. The first-order valence-electron chi connectivity index (χ1n) is 3.75. The first-order valence-corrected chi connectivity index (χ1v) is 3.75. The molecule has 2 N–H and O–H groups in total. The van der Waals surface area contributed by atoms with Crippen molar-refractivity contribution in [1.82, 2.24) is 9.78 Å². The zero-order valence-corrected chi connectivity index (χ0v) is 6.37. The van der Waals surface area contributed by atoms with E-state index in [-0.39, 0.29) is 13.0 Å². The third-order valence-corrected chi connectivity index (χ3v) is 2.02. The van der Waals surface area contributed by atoms with E-state index < -0.39 is 11.8 Å². The summed E-state index contributed by atoms with van der Waals surface area (Å²) in [6, 6.07) is 1.60. The number of hydrogen-bond donors (Lipinski definition) is 1. The zero-order chi connectivity index (χ0) is 8.77. The molecule has 0 amide bonds. The van der Waals surface area contributed by atoms with Gasteiger partial charge in [0, 0.05) is 25.1 Å². The Morgan fingerprint density at radius 2 is 2.42 bits per heavy atom. The minimum Gasteiger partial charge on any atom is -0.382 e. The van der Waals surface area contributed by atoms with E-state index in [0.717, 1.165) is 0 Å². The smallest absolute Gasteiger partial charge is 0.253 e. The lowest BCUT2D eigenvalue weighted by molar-refractivity contribution is 0.0942. The van der Waals surface area contributed by atoms with Crippen LogP contribution in [0.3, 0.4) is 0 Å². The Labute approximate surface area is 68.2 Å². The van der Waals surface area contributed by atoms with Crippen LogP contribution in [0.5, 0.6) is 0 Å². The van der Waals surface area contributed by atoms with E-state index in [0.29, 0.717) is 5.82 Å². The van der Waals surface area contributed by atoms with Crippen molar-refractivity contribution >= 4 is 5.82 Å². The molecule has 1 unspecified atom stereocenters. The zero-order valence-electron chi connectivity index (χ0n) is 6.37. The third-order valence-electron chi connectivity index (χ3n) is 2.02. The minimum atomic E-state index is -2.47. The van der Waals surface area contributed by atoms with Crippen molar-refractivity contribution in [3.63, 3.8) is 0 Å². The van der Waals surface area contributed by atoms with Gasteiger partial charge in [0.15, 0.2) is 0 Å². The molecule has 12 heavy (non-hydrogen) atoms. The molecule has 1 saturated carbocycles. The fourth-order valence-electron chi connectivity index (χ4n) is 1.17. The topological polar surface area (TPSA) is 43.8 Å². The van der Waals surface area contributed by atoms with Crippen LogP contribution in [0.2, 0.25) is 0 Å². The summed E-state index contributed by atoms with van der Waals surface area (Å²) in [4.78, 5) is 0. The molecule has 1 atom stereocenters. The molecule has 66 valence electrons. The maximum atomic E-state index is 12.4. The van der Waals surface area contributed by atoms with E-state index in [4.69, 9.17) is 5.73 Å². The summed E-state index contributed by atoms with van der Waals surface area (Å²) in [5.74, 6) is -2.64. The number of anilines is 1. The van der Waals surface area contributed by atoms with E-state index in [1.165, 1.54) is 4.68 Å². The number of nitrogen functional groups attached to an aromatic ring is 1. The van der Waals surface area contributed by atoms with Crippen molar-refractivity contribution in [1.29, 1.82) is 0 Å². The molecule has 0 aliphatic heterocycles. The lowest BCUT2D eigenvalue weighted by Gasteiger charge is -1.98. The lowest BCUT2D eigenvalue weighted by Crippen LogP contribution is -2.05. The van der Waals surface area contributed by atoms with Gasteiger partial charge in [0.1, 0.15) is 5.82 Å². The van der Waals surface area contributed by atoms with E-state index >= 15 is 0 Å². The predicted molar refractivity (Wildman–Crippen MR) is 39.7 cm³/mol. The summed E-state index contributed by atoms with van der Waals surface area (Å²) in [5.41, 5.74) is 5.32. The second-order valence-electron chi connectivity index (χ2n) is 3.12. The number of rotatable bonds is 2. The molecule has 0 spiro atoms. The van der Waals surface area contributed by atoms with Crippen molar-refractivity contribution < 1.29 is 8.78 Å². The summed E-state index contributed by atoms with van der Waals surface area (Å²) < 4.78 is 26.3. The van der Waals surface area contributed by atoms with E-state index in [9.17, 15) is 8.78 Å². The highest BCUT2D eigenvalue weighted by molar-refractivity contribution is 5.23. The van der Waals surface area contributed by atoms with E-state index in [2.05, 4.69) is 5.10 Å². The van der Waals surface area contributed by atoms with Gasteiger partial charge < -0.3 is 5.73 Å². The Morgan fingerprint density at radius 3 is 2.83 bits per heavy atom. The molecule has 0 saturated heterocycles. The van der Waals surface area contributed by atoms with Gasteiger partial charge in [-0.05, 0) is 6.07 Å². The molecule has 0 aromatic carbocycles. The number of nitrogens with zero attached hydrogens (tertiary/aromatic N) is 2. The Morgan fingerprint density at radius 1 is 1.75 bits per heavy atom. The van der Waals surface area contributed by atoms with Gasteiger partial charge in [-0.1, -0.05) is 0 Å². The Bertz CT molecular complexity index is 295. The summed E-state index contributed by atoms with van der Waals surface area (Å²) in [5, 5.41) is 3.82.